The lowest BCUT2D eigenvalue weighted by Gasteiger charge is -2.55. The van der Waals surface area contributed by atoms with Crippen LogP contribution in [0.1, 0.15) is 33.1 Å². The summed E-state index contributed by atoms with van der Waals surface area (Å²) in [7, 11) is -1.25. The molecule has 2 heterocycles. The summed E-state index contributed by atoms with van der Waals surface area (Å²) < 4.78 is 30.6. The second-order valence-corrected chi connectivity index (χ2v) is 10.2. The minimum Gasteiger partial charge on any atom is -0.377 e. The third kappa shape index (κ3) is 3.80. The summed E-state index contributed by atoms with van der Waals surface area (Å²) in [5.74, 6) is 1.90. The summed E-state index contributed by atoms with van der Waals surface area (Å²) >= 11 is 0. The molecule has 0 radical (unpaired) electrons. The zero-order chi connectivity index (χ0) is 18.2. The molecule has 3 rings (SSSR count). The smallest absolute Gasteiger partial charge is 0.211 e. The van der Waals surface area contributed by atoms with Crippen molar-refractivity contribution in [3.05, 3.63) is 0 Å². The molecule has 0 spiro atoms. The quantitative estimate of drug-likeness (QED) is 0.559. The van der Waals surface area contributed by atoms with E-state index in [4.69, 9.17) is 4.74 Å². The van der Waals surface area contributed by atoms with Gasteiger partial charge in [-0.15, -0.1) is 0 Å². The van der Waals surface area contributed by atoms with Gasteiger partial charge in [-0.2, -0.15) is 0 Å². The number of guanidine groups is 1. The Morgan fingerprint density at radius 3 is 2.56 bits per heavy atom. The largest absolute Gasteiger partial charge is 0.377 e. The Bertz CT molecular complexity index is 611. The molecule has 3 atom stereocenters. The van der Waals surface area contributed by atoms with E-state index in [9.17, 15) is 8.42 Å². The average Bonchev–Trinajstić information content (AvgIpc) is 3.01. The van der Waals surface area contributed by atoms with Gasteiger partial charge in [0.05, 0.1) is 12.4 Å². The first-order chi connectivity index (χ1) is 11.7. The van der Waals surface area contributed by atoms with Gasteiger partial charge in [-0.1, -0.05) is 13.8 Å². The van der Waals surface area contributed by atoms with Crippen molar-refractivity contribution in [2.75, 3.05) is 39.5 Å². The highest BCUT2D eigenvalue weighted by molar-refractivity contribution is 7.88. The fraction of sp³-hybridized carbons (Fsp3) is 0.941. The van der Waals surface area contributed by atoms with E-state index in [1.807, 2.05) is 0 Å². The number of fused-ring (bicyclic) bond motifs is 1. The number of piperidine rings is 1. The molecule has 3 aliphatic rings. The van der Waals surface area contributed by atoms with E-state index in [1.165, 1.54) is 6.26 Å². The molecule has 144 valence electrons. The lowest BCUT2D eigenvalue weighted by Crippen LogP contribution is -2.68. The molecule has 25 heavy (non-hydrogen) atoms. The molecule has 0 amide bonds. The van der Waals surface area contributed by atoms with Crippen LogP contribution in [0.3, 0.4) is 0 Å². The molecule has 1 saturated carbocycles. The third-order valence-electron chi connectivity index (χ3n) is 6.22. The van der Waals surface area contributed by atoms with Gasteiger partial charge in [-0.25, -0.2) is 12.7 Å². The molecule has 3 unspecified atom stereocenters. The zero-order valence-electron chi connectivity index (χ0n) is 15.8. The predicted octanol–water partition coefficient (Wildman–Crippen LogP) is 0.637. The Morgan fingerprint density at radius 2 is 1.96 bits per heavy atom. The summed E-state index contributed by atoms with van der Waals surface area (Å²) in [6.07, 6.45) is 4.56. The number of hydrogen-bond donors (Lipinski definition) is 2. The molecule has 2 saturated heterocycles. The van der Waals surface area contributed by atoms with Gasteiger partial charge in [0.1, 0.15) is 0 Å². The normalized spacial score (nSPS) is 33.6. The Hall–Kier alpha value is -0.860. The molecule has 3 fully saturated rings. The van der Waals surface area contributed by atoms with Crippen molar-refractivity contribution >= 4 is 16.0 Å². The molecule has 0 aromatic rings. The SMILES string of the molecule is CN=C(NCC1CCN(S(C)(=O)=O)CC1)NC1C2CCOC2C1(C)C. The maximum atomic E-state index is 11.6. The molecule has 8 heteroatoms. The van der Waals surface area contributed by atoms with Crippen molar-refractivity contribution in [2.24, 2.45) is 22.2 Å². The summed E-state index contributed by atoms with van der Waals surface area (Å²) in [5, 5.41) is 7.03. The average molecular weight is 373 g/mol. The van der Waals surface area contributed by atoms with Gasteiger partial charge in [0.2, 0.25) is 10.0 Å². The van der Waals surface area contributed by atoms with Gasteiger partial charge in [-0.05, 0) is 25.2 Å². The minimum absolute atomic E-state index is 0.125. The highest BCUT2D eigenvalue weighted by Crippen LogP contribution is 2.52. The molecule has 7 nitrogen and oxygen atoms in total. The standard InChI is InChI=1S/C17H32N4O3S/c1-17(2)14(13-7-10-24-15(13)17)20-16(18-3)19-11-12-5-8-21(9-6-12)25(4,22)23/h12-15H,5-11H2,1-4H3,(H2,18,19,20). The van der Waals surface area contributed by atoms with Gasteiger partial charge in [0, 0.05) is 50.7 Å². The van der Waals surface area contributed by atoms with Gasteiger partial charge < -0.3 is 15.4 Å². The third-order valence-corrected chi connectivity index (χ3v) is 7.52. The maximum Gasteiger partial charge on any atom is 0.211 e. The van der Waals surface area contributed by atoms with Crippen LogP contribution in [0, 0.1) is 17.3 Å². The zero-order valence-corrected chi connectivity index (χ0v) is 16.6. The molecular weight excluding hydrogens is 340 g/mol. The number of nitrogens with one attached hydrogen (secondary N) is 2. The molecule has 0 bridgehead atoms. The summed E-state index contributed by atoms with van der Waals surface area (Å²) in [6.45, 7) is 7.44. The first-order valence-electron chi connectivity index (χ1n) is 9.27. The molecule has 2 aliphatic heterocycles. The fourth-order valence-corrected chi connectivity index (χ4v) is 5.52. The lowest BCUT2D eigenvalue weighted by molar-refractivity contribution is -0.106. The van der Waals surface area contributed by atoms with Crippen LogP contribution < -0.4 is 10.6 Å². The fourth-order valence-electron chi connectivity index (χ4n) is 4.65. The van der Waals surface area contributed by atoms with Crippen LogP contribution in [-0.4, -0.2) is 70.4 Å². The summed E-state index contributed by atoms with van der Waals surface area (Å²) in [4.78, 5) is 4.38. The van der Waals surface area contributed by atoms with Crippen molar-refractivity contribution < 1.29 is 13.2 Å². The highest BCUT2D eigenvalue weighted by atomic mass is 32.2. The van der Waals surface area contributed by atoms with Crippen molar-refractivity contribution in [3.8, 4) is 0 Å². The van der Waals surface area contributed by atoms with E-state index in [0.717, 1.165) is 38.4 Å². The lowest BCUT2D eigenvalue weighted by atomic mass is 9.57. The first kappa shape index (κ1) is 18.9. The number of ether oxygens (including phenoxy) is 1. The van der Waals surface area contributed by atoms with Gasteiger partial charge in [0.15, 0.2) is 5.96 Å². The number of aliphatic imine (C=N–C) groups is 1. The second-order valence-electron chi connectivity index (χ2n) is 8.25. The van der Waals surface area contributed by atoms with E-state index in [2.05, 4.69) is 29.5 Å². The monoisotopic (exact) mass is 372 g/mol. The molecular formula is C17H32N4O3S. The summed E-state index contributed by atoms with van der Waals surface area (Å²) in [6, 6.07) is 0.387. The number of nitrogens with zero attached hydrogens (tertiary/aromatic N) is 2. The van der Waals surface area contributed by atoms with Crippen LogP contribution in [0.2, 0.25) is 0 Å². The van der Waals surface area contributed by atoms with Crippen LogP contribution in [0.4, 0.5) is 0 Å². The Balaban J connectivity index is 1.46. The topological polar surface area (TPSA) is 83.0 Å². The molecule has 2 N–H and O–H groups in total. The minimum atomic E-state index is -3.05. The highest BCUT2D eigenvalue weighted by Gasteiger charge is 2.59. The molecule has 0 aromatic carbocycles. The van der Waals surface area contributed by atoms with Crippen LogP contribution in [-0.2, 0) is 14.8 Å². The number of sulfonamides is 1. The van der Waals surface area contributed by atoms with E-state index < -0.39 is 10.0 Å². The van der Waals surface area contributed by atoms with Crippen molar-refractivity contribution in [1.29, 1.82) is 0 Å². The van der Waals surface area contributed by atoms with Crippen molar-refractivity contribution in [2.45, 2.75) is 45.3 Å². The van der Waals surface area contributed by atoms with E-state index in [0.29, 0.717) is 37.1 Å². The van der Waals surface area contributed by atoms with Crippen molar-refractivity contribution in [1.82, 2.24) is 14.9 Å². The van der Waals surface area contributed by atoms with E-state index in [1.54, 1.807) is 11.4 Å². The molecule has 0 aromatic heterocycles. The van der Waals surface area contributed by atoms with E-state index in [-0.39, 0.29) is 5.41 Å². The first-order valence-corrected chi connectivity index (χ1v) is 11.1. The summed E-state index contributed by atoms with van der Waals surface area (Å²) in [5.41, 5.74) is 0.125. The van der Waals surface area contributed by atoms with Crippen molar-refractivity contribution in [3.63, 3.8) is 0 Å². The van der Waals surface area contributed by atoms with Gasteiger partial charge >= 0.3 is 0 Å². The predicted molar refractivity (Wildman–Crippen MR) is 99.1 cm³/mol. The van der Waals surface area contributed by atoms with Gasteiger partial charge in [0.25, 0.3) is 0 Å². The molecule has 1 aliphatic carbocycles. The Morgan fingerprint density at radius 1 is 1.28 bits per heavy atom. The van der Waals surface area contributed by atoms with Crippen LogP contribution in [0.5, 0.6) is 0 Å². The maximum absolute atomic E-state index is 11.6. The number of rotatable bonds is 4. The number of hydrogen-bond acceptors (Lipinski definition) is 4. The van der Waals surface area contributed by atoms with Crippen LogP contribution in [0.15, 0.2) is 4.99 Å². The Labute approximate surface area is 151 Å². The van der Waals surface area contributed by atoms with Gasteiger partial charge in [-0.3, -0.25) is 4.99 Å². The van der Waals surface area contributed by atoms with Crippen LogP contribution >= 0.6 is 0 Å². The second kappa shape index (κ2) is 7.04. The van der Waals surface area contributed by atoms with Crippen LogP contribution in [0.25, 0.3) is 0 Å². The van der Waals surface area contributed by atoms with E-state index >= 15 is 0 Å². The Kier molecular flexibility index (Phi) is 5.33.